The molecule has 1 atom stereocenters. The number of rotatable bonds is 10. The number of aliphatic carboxylic acids is 1. The molecule has 1 aliphatic heterocycles. The van der Waals surface area contributed by atoms with Gasteiger partial charge in [-0.3, -0.25) is 9.63 Å². The van der Waals surface area contributed by atoms with E-state index in [1.54, 1.807) is 12.1 Å². The average molecular weight is 424 g/mol. The summed E-state index contributed by atoms with van der Waals surface area (Å²) in [6, 6.07) is 5.25. The number of carbonyl (C=O) groups excluding carboxylic acids is 1. The van der Waals surface area contributed by atoms with E-state index in [0.717, 1.165) is 43.4 Å². The summed E-state index contributed by atoms with van der Waals surface area (Å²) >= 11 is 7.88. The Hall–Kier alpha value is -1.50. The Labute approximate surface area is 175 Å². The molecule has 1 aromatic carbocycles. The van der Waals surface area contributed by atoms with Gasteiger partial charge in [0.2, 0.25) is 0 Å². The molecule has 3 rings (SSSR count). The van der Waals surface area contributed by atoms with Gasteiger partial charge in [-0.1, -0.05) is 37.8 Å². The van der Waals surface area contributed by atoms with Crippen molar-refractivity contribution in [3.05, 3.63) is 40.1 Å². The van der Waals surface area contributed by atoms with Crippen LogP contribution in [0.3, 0.4) is 0 Å². The molecule has 2 aliphatic rings. The Kier molecular flexibility index (Phi) is 7.07. The summed E-state index contributed by atoms with van der Waals surface area (Å²) in [4.78, 5) is 32.3. The van der Waals surface area contributed by atoms with Crippen LogP contribution in [0.15, 0.2) is 34.4 Å². The highest BCUT2D eigenvalue weighted by Crippen LogP contribution is 2.44. The van der Waals surface area contributed by atoms with Crippen LogP contribution in [0.4, 0.5) is 0 Å². The summed E-state index contributed by atoms with van der Waals surface area (Å²) in [6.45, 7) is 2.60. The van der Waals surface area contributed by atoms with E-state index in [0.29, 0.717) is 17.1 Å². The molecule has 0 aromatic heterocycles. The summed E-state index contributed by atoms with van der Waals surface area (Å²) in [6.07, 6.45) is 7.34. The Morgan fingerprint density at radius 2 is 2.04 bits per heavy atom. The number of thioether (sulfide) groups is 1. The second kappa shape index (κ2) is 9.33. The van der Waals surface area contributed by atoms with Crippen LogP contribution in [0.25, 0.3) is 0 Å². The molecule has 0 radical (unpaired) electrons. The molecule has 0 bridgehead atoms. The van der Waals surface area contributed by atoms with E-state index in [1.807, 2.05) is 12.3 Å². The fourth-order valence-corrected chi connectivity index (χ4v) is 4.26. The van der Waals surface area contributed by atoms with E-state index in [9.17, 15) is 14.7 Å². The third-order valence-corrected chi connectivity index (χ3v) is 6.20. The number of carboxylic acid groups (broad SMARTS) is 1. The number of carbonyl (C=O) groups is 2. The maximum absolute atomic E-state index is 13.3. The molecule has 28 heavy (non-hydrogen) atoms. The summed E-state index contributed by atoms with van der Waals surface area (Å²) in [7, 11) is 0. The highest BCUT2D eigenvalue weighted by Gasteiger charge is 2.47. The van der Waals surface area contributed by atoms with Crippen LogP contribution in [0.1, 0.15) is 55.8 Å². The zero-order chi connectivity index (χ0) is 20.3. The first kappa shape index (κ1) is 21.2. The van der Waals surface area contributed by atoms with E-state index in [2.05, 4.69) is 6.92 Å². The molecule has 0 saturated heterocycles. The molecule has 152 valence electrons. The normalized spacial score (nSPS) is 19.4. The van der Waals surface area contributed by atoms with Gasteiger partial charge in [0.15, 0.2) is 11.5 Å². The standard InChI is InChI=1S/C21H26ClNO4S/c1-3-4-5-6-11-23-18(21(25)26)17(20(27-23)13-7-8-13)19(24)15-10-9-14(28-2)12-16(15)22/h9-10,12-13,20H,3-8,11H2,1-2H3,(H,25,26). The average Bonchev–Trinajstić information content (AvgIpc) is 3.45. The largest absolute Gasteiger partial charge is 0.476 e. The van der Waals surface area contributed by atoms with Crippen LogP contribution < -0.4 is 0 Å². The summed E-state index contributed by atoms with van der Waals surface area (Å²) in [5.74, 6) is -1.28. The SMILES string of the molecule is CCCCCCN1OC(C2CC2)C(C(=O)c2ccc(SC)cc2Cl)=C1C(=O)O. The van der Waals surface area contributed by atoms with Gasteiger partial charge in [0.25, 0.3) is 0 Å². The van der Waals surface area contributed by atoms with Crippen LogP contribution in [0.5, 0.6) is 0 Å². The van der Waals surface area contributed by atoms with Crippen molar-refractivity contribution in [3.63, 3.8) is 0 Å². The van der Waals surface area contributed by atoms with Crippen molar-refractivity contribution in [1.29, 1.82) is 0 Å². The number of unbranched alkanes of at least 4 members (excludes halogenated alkanes) is 3. The van der Waals surface area contributed by atoms with Crippen molar-refractivity contribution in [3.8, 4) is 0 Å². The Morgan fingerprint density at radius 1 is 1.29 bits per heavy atom. The van der Waals surface area contributed by atoms with E-state index in [1.165, 1.54) is 16.8 Å². The van der Waals surface area contributed by atoms with E-state index in [4.69, 9.17) is 16.4 Å². The van der Waals surface area contributed by atoms with E-state index < -0.39 is 12.1 Å². The molecular formula is C21H26ClNO4S. The third-order valence-electron chi connectivity index (χ3n) is 5.16. The van der Waals surface area contributed by atoms with Crippen LogP contribution >= 0.6 is 23.4 Å². The number of hydrogen-bond acceptors (Lipinski definition) is 5. The first-order valence-corrected chi connectivity index (χ1v) is 11.4. The molecular weight excluding hydrogens is 398 g/mol. The fraction of sp³-hybridized carbons (Fsp3) is 0.524. The number of ketones is 1. The summed E-state index contributed by atoms with van der Waals surface area (Å²) in [5, 5.41) is 11.6. The molecule has 1 unspecified atom stereocenters. The lowest BCUT2D eigenvalue weighted by Crippen LogP contribution is -2.26. The smallest absolute Gasteiger partial charge is 0.355 e. The minimum Gasteiger partial charge on any atom is -0.476 e. The first-order chi connectivity index (χ1) is 13.5. The lowest BCUT2D eigenvalue weighted by atomic mass is 9.94. The number of halogens is 1. The number of nitrogens with zero attached hydrogens (tertiary/aromatic N) is 1. The van der Waals surface area contributed by atoms with E-state index in [-0.39, 0.29) is 23.0 Å². The molecule has 1 saturated carbocycles. The minimum atomic E-state index is -1.13. The third kappa shape index (κ3) is 4.56. The number of hydroxylamine groups is 2. The van der Waals surface area contributed by atoms with Crippen molar-refractivity contribution in [2.24, 2.45) is 5.92 Å². The van der Waals surface area contributed by atoms with Gasteiger partial charge in [-0.05, 0) is 49.6 Å². The monoisotopic (exact) mass is 423 g/mol. The Morgan fingerprint density at radius 3 is 2.61 bits per heavy atom. The number of carboxylic acids is 1. The molecule has 0 spiro atoms. The topological polar surface area (TPSA) is 66.8 Å². The van der Waals surface area contributed by atoms with Crippen molar-refractivity contribution in [2.45, 2.75) is 56.4 Å². The predicted molar refractivity (Wildman–Crippen MR) is 111 cm³/mol. The van der Waals surface area contributed by atoms with Crippen molar-refractivity contribution in [2.75, 3.05) is 12.8 Å². The minimum absolute atomic E-state index is 0.0246. The zero-order valence-corrected chi connectivity index (χ0v) is 17.8. The predicted octanol–water partition coefficient (Wildman–Crippen LogP) is 5.19. The first-order valence-electron chi connectivity index (χ1n) is 9.77. The molecule has 1 aliphatic carbocycles. The van der Waals surface area contributed by atoms with Crippen molar-refractivity contribution >= 4 is 35.1 Å². The van der Waals surface area contributed by atoms with Gasteiger partial charge in [0, 0.05) is 17.0 Å². The van der Waals surface area contributed by atoms with Gasteiger partial charge in [-0.25, -0.2) is 9.86 Å². The Balaban J connectivity index is 1.93. The zero-order valence-electron chi connectivity index (χ0n) is 16.2. The highest BCUT2D eigenvalue weighted by atomic mass is 35.5. The van der Waals surface area contributed by atoms with Crippen LogP contribution in [0, 0.1) is 5.92 Å². The molecule has 1 N–H and O–H groups in total. The van der Waals surface area contributed by atoms with Crippen LogP contribution in [0.2, 0.25) is 5.02 Å². The number of Topliss-reactive ketones (excluding diaryl/α,β-unsaturated/α-hetero) is 1. The van der Waals surface area contributed by atoms with Gasteiger partial charge in [0.05, 0.1) is 10.6 Å². The second-order valence-corrected chi connectivity index (χ2v) is 8.56. The van der Waals surface area contributed by atoms with Crippen molar-refractivity contribution < 1.29 is 19.5 Å². The molecule has 1 aromatic rings. The lowest BCUT2D eigenvalue weighted by molar-refractivity contribution is -0.160. The molecule has 1 fully saturated rings. The van der Waals surface area contributed by atoms with E-state index >= 15 is 0 Å². The maximum atomic E-state index is 13.3. The second-order valence-electron chi connectivity index (χ2n) is 7.27. The van der Waals surface area contributed by atoms with Crippen LogP contribution in [-0.4, -0.2) is 40.8 Å². The van der Waals surface area contributed by atoms with Gasteiger partial charge < -0.3 is 5.11 Å². The number of hydrogen-bond donors (Lipinski definition) is 1. The summed E-state index contributed by atoms with van der Waals surface area (Å²) < 4.78 is 0. The van der Waals surface area contributed by atoms with Gasteiger partial charge in [-0.2, -0.15) is 0 Å². The highest BCUT2D eigenvalue weighted by molar-refractivity contribution is 7.98. The molecule has 0 amide bonds. The maximum Gasteiger partial charge on any atom is 0.355 e. The van der Waals surface area contributed by atoms with Crippen molar-refractivity contribution in [1.82, 2.24) is 5.06 Å². The van der Waals surface area contributed by atoms with Gasteiger partial charge in [0.1, 0.15) is 6.10 Å². The molecule has 7 heteroatoms. The van der Waals surface area contributed by atoms with Gasteiger partial charge >= 0.3 is 5.97 Å². The quantitative estimate of drug-likeness (QED) is 0.317. The summed E-state index contributed by atoms with van der Waals surface area (Å²) in [5.41, 5.74) is 0.544. The Bertz CT molecular complexity index is 791. The molecule has 1 heterocycles. The molecule has 5 nitrogen and oxygen atoms in total. The lowest BCUT2D eigenvalue weighted by Gasteiger charge is -2.20. The number of benzene rings is 1. The van der Waals surface area contributed by atoms with Crippen LogP contribution in [-0.2, 0) is 9.63 Å². The fourth-order valence-electron chi connectivity index (χ4n) is 3.49. The van der Waals surface area contributed by atoms with Gasteiger partial charge in [-0.15, -0.1) is 11.8 Å².